The SMILES string of the molecule is COc1ccc(NC(=S)NCCNc2nc3c(C)cc(C)cc3cc2C#N)cc1. The van der Waals surface area contributed by atoms with Crippen molar-refractivity contribution in [3.05, 3.63) is 59.2 Å². The van der Waals surface area contributed by atoms with Crippen molar-refractivity contribution in [1.29, 1.82) is 5.26 Å². The average molecular weight is 406 g/mol. The molecular weight excluding hydrogens is 382 g/mol. The van der Waals surface area contributed by atoms with E-state index >= 15 is 0 Å². The molecule has 0 aliphatic rings. The van der Waals surface area contributed by atoms with Gasteiger partial charge in [-0.25, -0.2) is 4.98 Å². The normalized spacial score (nSPS) is 10.3. The molecule has 2 aromatic carbocycles. The van der Waals surface area contributed by atoms with Crippen molar-refractivity contribution in [2.75, 3.05) is 30.8 Å². The Morgan fingerprint density at radius 3 is 2.59 bits per heavy atom. The molecule has 0 radical (unpaired) electrons. The van der Waals surface area contributed by atoms with Crippen molar-refractivity contribution in [1.82, 2.24) is 10.3 Å². The van der Waals surface area contributed by atoms with Gasteiger partial charge in [0.15, 0.2) is 5.11 Å². The molecule has 7 heteroatoms. The van der Waals surface area contributed by atoms with E-state index in [1.54, 1.807) is 7.11 Å². The van der Waals surface area contributed by atoms with Crippen LogP contribution in [0.15, 0.2) is 42.5 Å². The molecule has 29 heavy (non-hydrogen) atoms. The summed E-state index contributed by atoms with van der Waals surface area (Å²) in [5.74, 6) is 1.38. The van der Waals surface area contributed by atoms with E-state index < -0.39 is 0 Å². The molecule has 6 nitrogen and oxygen atoms in total. The minimum atomic E-state index is 0.523. The first-order chi connectivity index (χ1) is 14.0. The van der Waals surface area contributed by atoms with Crippen LogP contribution in [-0.4, -0.2) is 30.3 Å². The molecule has 0 spiro atoms. The molecule has 1 heterocycles. The van der Waals surface area contributed by atoms with Gasteiger partial charge in [0.1, 0.15) is 17.6 Å². The maximum Gasteiger partial charge on any atom is 0.170 e. The zero-order valence-corrected chi connectivity index (χ0v) is 17.5. The van der Waals surface area contributed by atoms with E-state index in [2.05, 4.69) is 33.1 Å². The minimum absolute atomic E-state index is 0.523. The molecule has 0 atom stereocenters. The summed E-state index contributed by atoms with van der Waals surface area (Å²) in [6, 6.07) is 15.8. The summed E-state index contributed by atoms with van der Waals surface area (Å²) in [5.41, 5.74) is 4.56. The average Bonchev–Trinajstić information content (AvgIpc) is 2.71. The van der Waals surface area contributed by atoms with Crippen molar-refractivity contribution in [2.45, 2.75) is 13.8 Å². The molecule has 0 unspecified atom stereocenters. The summed E-state index contributed by atoms with van der Waals surface area (Å²) in [4.78, 5) is 4.67. The number of nitrogens with zero attached hydrogens (tertiary/aromatic N) is 2. The number of rotatable bonds is 6. The fourth-order valence-corrected chi connectivity index (χ4v) is 3.30. The molecule has 3 aromatic rings. The molecule has 3 rings (SSSR count). The van der Waals surface area contributed by atoms with Crippen molar-refractivity contribution < 1.29 is 4.74 Å². The first kappa shape index (κ1) is 20.4. The standard InChI is InChI=1S/C22H23N5OS/c1-14-10-15(2)20-16(11-14)12-17(13-23)21(27-20)24-8-9-25-22(29)26-18-4-6-19(28-3)7-5-18/h4-7,10-12H,8-9H2,1-3H3,(H,24,27)(H2,25,26,29). The number of nitriles is 1. The molecule has 0 saturated heterocycles. The molecule has 0 amide bonds. The predicted octanol–water partition coefficient (Wildman–Crippen LogP) is 4.13. The largest absolute Gasteiger partial charge is 0.497 e. The van der Waals surface area contributed by atoms with Crippen LogP contribution in [0.3, 0.4) is 0 Å². The maximum absolute atomic E-state index is 9.48. The highest BCUT2D eigenvalue weighted by Crippen LogP contribution is 2.24. The van der Waals surface area contributed by atoms with Crippen LogP contribution in [0.2, 0.25) is 0 Å². The summed E-state index contributed by atoms with van der Waals surface area (Å²) in [6.07, 6.45) is 0. The summed E-state index contributed by atoms with van der Waals surface area (Å²) in [6.45, 7) is 5.23. The number of nitrogens with one attached hydrogen (secondary N) is 3. The second kappa shape index (κ2) is 9.22. The second-order valence-corrected chi connectivity index (χ2v) is 7.09. The van der Waals surface area contributed by atoms with Gasteiger partial charge in [-0.15, -0.1) is 0 Å². The first-order valence-corrected chi connectivity index (χ1v) is 9.66. The van der Waals surface area contributed by atoms with Gasteiger partial charge in [-0.3, -0.25) is 0 Å². The number of ether oxygens (including phenoxy) is 1. The zero-order chi connectivity index (χ0) is 20.8. The van der Waals surface area contributed by atoms with E-state index in [0.717, 1.165) is 33.5 Å². The van der Waals surface area contributed by atoms with E-state index in [4.69, 9.17) is 17.0 Å². The molecule has 0 bridgehead atoms. The Bertz CT molecular complexity index is 1070. The highest BCUT2D eigenvalue weighted by Gasteiger charge is 2.09. The number of anilines is 2. The number of methoxy groups -OCH3 is 1. The van der Waals surface area contributed by atoms with Gasteiger partial charge in [0.25, 0.3) is 0 Å². The van der Waals surface area contributed by atoms with Gasteiger partial charge in [0.2, 0.25) is 0 Å². The molecule has 0 aliphatic heterocycles. The second-order valence-electron chi connectivity index (χ2n) is 6.69. The fourth-order valence-electron chi connectivity index (χ4n) is 3.08. The van der Waals surface area contributed by atoms with Gasteiger partial charge < -0.3 is 20.7 Å². The highest BCUT2D eigenvalue weighted by molar-refractivity contribution is 7.80. The fraction of sp³-hybridized carbons (Fsp3) is 0.227. The van der Waals surface area contributed by atoms with Crippen LogP contribution in [0.5, 0.6) is 5.75 Å². The Morgan fingerprint density at radius 2 is 1.90 bits per heavy atom. The third-order valence-corrected chi connectivity index (χ3v) is 4.67. The van der Waals surface area contributed by atoms with E-state index in [1.807, 2.05) is 50.2 Å². The lowest BCUT2D eigenvalue weighted by Crippen LogP contribution is -2.32. The third kappa shape index (κ3) is 5.12. The summed E-state index contributed by atoms with van der Waals surface area (Å²) in [7, 11) is 1.63. The van der Waals surface area contributed by atoms with Crippen LogP contribution in [-0.2, 0) is 0 Å². The Morgan fingerprint density at radius 1 is 1.14 bits per heavy atom. The van der Waals surface area contributed by atoms with E-state index in [0.29, 0.717) is 29.6 Å². The number of fused-ring (bicyclic) bond motifs is 1. The molecule has 1 aromatic heterocycles. The molecule has 0 saturated carbocycles. The van der Waals surface area contributed by atoms with Crippen LogP contribution in [0.4, 0.5) is 11.5 Å². The molecule has 0 aliphatic carbocycles. The number of aromatic nitrogens is 1. The van der Waals surface area contributed by atoms with Crippen molar-refractivity contribution in [2.24, 2.45) is 0 Å². The van der Waals surface area contributed by atoms with E-state index in [1.165, 1.54) is 0 Å². The quantitative estimate of drug-likeness (QED) is 0.420. The lowest BCUT2D eigenvalue weighted by Gasteiger charge is -2.13. The van der Waals surface area contributed by atoms with Crippen LogP contribution >= 0.6 is 12.2 Å². The first-order valence-electron chi connectivity index (χ1n) is 9.25. The molecule has 0 fully saturated rings. The Hall–Kier alpha value is -3.37. The third-order valence-electron chi connectivity index (χ3n) is 4.42. The van der Waals surface area contributed by atoms with E-state index in [-0.39, 0.29) is 0 Å². The van der Waals surface area contributed by atoms with Crippen molar-refractivity contribution in [3.8, 4) is 11.8 Å². The van der Waals surface area contributed by atoms with Crippen LogP contribution < -0.4 is 20.7 Å². The van der Waals surface area contributed by atoms with Gasteiger partial charge in [-0.05, 0) is 68.0 Å². The van der Waals surface area contributed by atoms with Gasteiger partial charge in [-0.1, -0.05) is 11.6 Å². The maximum atomic E-state index is 9.48. The van der Waals surface area contributed by atoms with Crippen LogP contribution in [0.25, 0.3) is 10.9 Å². The topological polar surface area (TPSA) is 82.0 Å². The number of hydrogen-bond donors (Lipinski definition) is 3. The Kier molecular flexibility index (Phi) is 6.47. The molecule has 3 N–H and O–H groups in total. The van der Waals surface area contributed by atoms with Crippen LogP contribution in [0, 0.1) is 25.2 Å². The molecule has 148 valence electrons. The monoisotopic (exact) mass is 405 g/mol. The minimum Gasteiger partial charge on any atom is -0.497 e. The van der Waals surface area contributed by atoms with Crippen molar-refractivity contribution in [3.63, 3.8) is 0 Å². The highest BCUT2D eigenvalue weighted by atomic mass is 32.1. The zero-order valence-electron chi connectivity index (χ0n) is 16.7. The Balaban J connectivity index is 1.57. The number of hydrogen-bond acceptors (Lipinski definition) is 5. The lowest BCUT2D eigenvalue weighted by molar-refractivity contribution is 0.415. The number of pyridine rings is 1. The Labute approximate surface area is 175 Å². The van der Waals surface area contributed by atoms with Crippen molar-refractivity contribution >= 4 is 39.7 Å². The summed E-state index contributed by atoms with van der Waals surface area (Å²) >= 11 is 5.32. The summed E-state index contributed by atoms with van der Waals surface area (Å²) in [5, 5.41) is 20.5. The smallest absolute Gasteiger partial charge is 0.170 e. The predicted molar refractivity (Wildman–Crippen MR) is 122 cm³/mol. The van der Waals surface area contributed by atoms with E-state index in [9.17, 15) is 5.26 Å². The van der Waals surface area contributed by atoms with Gasteiger partial charge in [0.05, 0.1) is 18.2 Å². The molecular formula is C22H23N5OS. The lowest BCUT2D eigenvalue weighted by atomic mass is 10.1. The summed E-state index contributed by atoms with van der Waals surface area (Å²) < 4.78 is 5.14. The number of benzene rings is 2. The number of aryl methyl sites for hydroxylation is 2. The number of thiocarbonyl (C=S) groups is 1. The van der Waals surface area contributed by atoms with Gasteiger partial charge in [-0.2, -0.15) is 5.26 Å². The van der Waals surface area contributed by atoms with Crippen LogP contribution in [0.1, 0.15) is 16.7 Å². The van der Waals surface area contributed by atoms with Gasteiger partial charge >= 0.3 is 0 Å². The van der Waals surface area contributed by atoms with Gasteiger partial charge in [0, 0.05) is 24.2 Å².